The van der Waals surface area contributed by atoms with Gasteiger partial charge in [0.15, 0.2) is 0 Å². The van der Waals surface area contributed by atoms with Crippen molar-refractivity contribution in [2.24, 2.45) is 0 Å². The van der Waals surface area contributed by atoms with Crippen LogP contribution in [-0.4, -0.2) is 44.7 Å². The first-order valence-electron chi connectivity index (χ1n) is 11.2. The van der Waals surface area contributed by atoms with Gasteiger partial charge in [-0.05, 0) is 43.9 Å². The summed E-state index contributed by atoms with van der Waals surface area (Å²) in [5, 5.41) is 6.89. The van der Waals surface area contributed by atoms with E-state index in [2.05, 4.69) is 31.9 Å². The molecule has 9 heteroatoms. The van der Waals surface area contributed by atoms with Crippen LogP contribution in [0.25, 0.3) is 11.4 Å². The number of halogens is 1. The molecule has 1 aliphatic heterocycles. The van der Waals surface area contributed by atoms with Gasteiger partial charge in [0.05, 0.1) is 5.69 Å². The second-order valence-corrected chi connectivity index (χ2v) is 8.04. The van der Waals surface area contributed by atoms with Crippen molar-refractivity contribution in [3.8, 4) is 11.4 Å². The van der Waals surface area contributed by atoms with E-state index in [1.165, 1.54) is 6.07 Å². The summed E-state index contributed by atoms with van der Waals surface area (Å²) in [6, 6.07) is 4.49. The third-order valence-corrected chi connectivity index (χ3v) is 5.84. The van der Waals surface area contributed by atoms with E-state index in [1.807, 2.05) is 11.1 Å². The maximum absolute atomic E-state index is 15.0. The fraction of sp³-hybridized carbons (Fsp3) is 0.478. The Bertz CT molecular complexity index is 1060. The van der Waals surface area contributed by atoms with Gasteiger partial charge in [-0.25, -0.2) is 9.37 Å². The summed E-state index contributed by atoms with van der Waals surface area (Å²) < 4.78 is 22.1. The van der Waals surface area contributed by atoms with Crippen molar-refractivity contribution in [1.82, 2.24) is 25.0 Å². The Kier molecular flexibility index (Phi) is 6.82. The van der Waals surface area contributed by atoms with Gasteiger partial charge in [0.2, 0.25) is 17.6 Å². The standard InChI is InChI=1S/C23H29FN6O2/c1-3-21-25-11-14-29(21)12-6-10-26-23(31)20-7-4-5-13-30(20)19-9-8-17(15-18(19)24)22-27-16(2)32-28-22/h8-9,11,14-15,20H,3-7,10,12-13H2,1-2H3,(H,26,31). The third kappa shape index (κ3) is 4.81. The molecule has 4 rings (SSSR count). The van der Waals surface area contributed by atoms with Crippen LogP contribution >= 0.6 is 0 Å². The summed E-state index contributed by atoms with van der Waals surface area (Å²) in [6.45, 7) is 5.79. The highest BCUT2D eigenvalue weighted by molar-refractivity contribution is 5.85. The lowest BCUT2D eigenvalue weighted by Crippen LogP contribution is -2.50. The molecule has 0 saturated carbocycles. The van der Waals surface area contributed by atoms with E-state index in [0.29, 0.717) is 42.5 Å². The number of hydrogen-bond acceptors (Lipinski definition) is 6. The highest BCUT2D eigenvalue weighted by Crippen LogP contribution is 2.30. The smallest absolute Gasteiger partial charge is 0.242 e. The zero-order valence-corrected chi connectivity index (χ0v) is 18.6. The molecule has 1 aliphatic rings. The molecule has 0 spiro atoms. The van der Waals surface area contributed by atoms with Gasteiger partial charge in [0.25, 0.3) is 0 Å². The molecule has 32 heavy (non-hydrogen) atoms. The number of aryl methyl sites for hydroxylation is 3. The van der Waals surface area contributed by atoms with E-state index in [4.69, 9.17) is 4.52 Å². The topological polar surface area (TPSA) is 89.1 Å². The molecule has 2 aromatic heterocycles. The lowest BCUT2D eigenvalue weighted by atomic mass is 9.99. The molecule has 0 aliphatic carbocycles. The normalized spacial score (nSPS) is 16.3. The highest BCUT2D eigenvalue weighted by atomic mass is 19.1. The monoisotopic (exact) mass is 440 g/mol. The van der Waals surface area contributed by atoms with Crippen molar-refractivity contribution in [2.75, 3.05) is 18.0 Å². The quantitative estimate of drug-likeness (QED) is 0.539. The molecule has 170 valence electrons. The molecular formula is C23H29FN6O2. The maximum atomic E-state index is 15.0. The van der Waals surface area contributed by atoms with Gasteiger partial charge < -0.3 is 19.3 Å². The minimum Gasteiger partial charge on any atom is -0.357 e. The van der Waals surface area contributed by atoms with Crippen LogP contribution in [-0.2, 0) is 17.8 Å². The summed E-state index contributed by atoms with van der Waals surface area (Å²) in [5.41, 5.74) is 0.979. The predicted molar refractivity (Wildman–Crippen MR) is 119 cm³/mol. The Hall–Kier alpha value is -3.23. The van der Waals surface area contributed by atoms with Gasteiger partial charge in [0, 0.05) is 50.9 Å². The van der Waals surface area contributed by atoms with Crippen LogP contribution in [0.2, 0.25) is 0 Å². The lowest BCUT2D eigenvalue weighted by Gasteiger charge is -2.36. The molecule has 1 N–H and O–H groups in total. The van der Waals surface area contributed by atoms with Crippen LogP contribution in [0, 0.1) is 12.7 Å². The van der Waals surface area contributed by atoms with E-state index in [0.717, 1.165) is 38.1 Å². The summed E-state index contributed by atoms with van der Waals surface area (Å²) >= 11 is 0. The lowest BCUT2D eigenvalue weighted by molar-refractivity contribution is -0.122. The Balaban J connectivity index is 1.39. The van der Waals surface area contributed by atoms with Gasteiger partial charge in [-0.3, -0.25) is 4.79 Å². The molecule has 8 nitrogen and oxygen atoms in total. The number of nitrogens with one attached hydrogen (secondary N) is 1. The Morgan fingerprint density at radius 1 is 1.34 bits per heavy atom. The summed E-state index contributed by atoms with van der Waals surface area (Å²) in [5.74, 6) is 1.38. The number of anilines is 1. The molecular weight excluding hydrogens is 411 g/mol. The Morgan fingerprint density at radius 3 is 2.97 bits per heavy atom. The fourth-order valence-electron chi connectivity index (χ4n) is 4.22. The molecule has 0 bridgehead atoms. The SMILES string of the molecule is CCc1nccn1CCCNC(=O)C1CCCCN1c1ccc(-c2noc(C)n2)cc1F. The highest BCUT2D eigenvalue weighted by Gasteiger charge is 2.30. The number of carbonyl (C=O) groups excluding carboxylic acids is 1. The number of carbonyl (C=O) groups is 1. The number of amides is 1. The van der Waals surface area contributed by atoms with Crippen LogP contribution in [0.5, 0.6) is 0 Å². The Labute approximate surface area is 186 Å². The van der Waals surface area contributed by atoms with Crippen LogP contribution in [0.15, 0.2) is 35.1 Å². The number of rotatable bonds is 8. The summed E-state index contributed by atoms with van der Waals surface area (Å²) in [7, 11) is 0. The van der Waals surface area contributed by atoms with Crippen molar-refractivity contribution in [3.05, 3.63) is 48.1 Å². The number of piperidine rings is 1. The molecule has 0 radical (unpaired) electrons. The number of nitrogens with zero attached hydrogens (tertiary/aromatic N) is 5. The van der Waals surface area contributed by atoms with Gasteiger partial charge in [-0.1, -0.05) is 12.1 Å². The van der Waals surface area contributed by atoms with Crippen LogP contribution < -0.4 is 10.2 Å². The molecule has 3 aromatic rings. The first-order chi connectivity index (χ1) is 15.6. The summed E-state index contributed by atoms with van der Waals surface area (Å²) in [6.07, 6.45) is 8.05. The number of hydrogen-bond donors (Lipinski definition) is 1. The van der Waals surface area contributed by atoms with Crippen molar-refractivity contribution in [1.29, 1.82) is 0 Å². The molecule has 1 unspecified atom stereocenters. The number of imidazole rings is 1. The average molecular weight is 441 g/mol. The van der Waals surface area contributed by atoms with Crippen molar-refractivity contribution in [3.63, 3.8) is 0 Å². The summed E-state index contributed by atoms with van der Waals surface area (Å²) in [4.78, 5) is 23.3. The average Bonchev–Trinajstić information content (AvgIpc) is 3.45. The van der Waals surface area contributed by atoms with E-state index in [-0.39, 0.29) is 11.9 Å². The molecule has 1 saturated heterocycles. The first-order valence-corrected chi connectivity index (χ1v) is 11.2. The first kappa shape index (κ1) is 22.0. The molecule has 1 amide bonds. The van der Waals surface area contributed by atoms with Gasteiger partial charge in [0.1, 0.15) is 17.7 Å². The van der Waals surface area contributed by atoms with Crippen molar-refractivity contribution in [2.45, 2.75) is 58.5 Å². The van der Waals surface area contributed by atoms with Crippen LogP contribution in [0.4, 0.5) is 10.1 Å². The Morgan fingerprint density at radius 2 is 2.22 bits per heavy atom. The molecule has 1 aromatic carbocycles. The van der Waals surface area contributed by atoms with E-state index >= 15 is 4.39 Å². The molecule has 3 heterocycles. The zero-order valence-electron chi connectivity index (χ0n) is 18.6. The third-order valence-electron chi connectivity index (χ3n) is 5.84. The zero-order chi connectivity index (χ0) is 22.5. The molecule has 1 fully saturated rings. The van der Waals surface area contributed by atoms with E-state index in [9.17, 15) is 4.79 Å². The van der Waals surface area contributed by atoms with E-state index in [1.54, 1.807) is 25.3 Å². The van der Waals surface area contributed by atoms with Crippen LogP contribution in [0.1, 0.15) is 44.3 Å². The predicted octanol–water partition coefficient (Wildman–Crippen LogP) is 3.51. The van der Waals surface area contributed by atoms with Crippen LogP contribution in [0.3, 0.4) is 0 Å². The minimum absolute atomic E-state index is 0.0525. The van der Waals surface area contributed by atoms with E-state index < -0.39 is 5.82 Å². The molecule has 1 atom stereocenters. The fourth-order valence-corrected chi connectivity index (χ4v) is 4.22. The van der Waals surface area contributed by atoms with Crippen molar-refractivity contribution < 1.29 is 13.7 Å². The van der Waals surface area contributed by atoms with Gasteiger partial charge >= 0.3 is 0 Å². The second kappa shape index (κ2) is 9.93. The minimum atomic E-state index is -0.392. The van der Waals surface area contributed by atoms with Crippen molar-refractivity contribution >= 4 is 11.6 Å². The maximum Gasteiger partial charge on any atom is 0.242 e. The van der Waals surface area contributed by atoms with Gasteiger partial charge in [-0.15, -0.1) is 0 Å². The second-order valence-electron chi connectivity index (χ2n) is 8.04. The number of benzene rings is 1. The van der Waals surface area contributed by atoms with Gasteiger partial charge in [-0.2, -0.15) is 4.98 Å². The largest absolute Gasteiger partial charge is 0.357 e. The number of aromatic nitrogens is 4.